The highest BCUT2D eigenvalue weighted by molar-refractivity contribution is 7.91. The molecule has 3 rings (SSSR count). The van der Waals surface area contributed by atoms with E-state index in [4.69, 9.17) is 0 Å². The van der Waals surface area contributed by atoms with Crippen LogP contribution >= 0.6 is 11.3 Å². The van der Waals surface area contributed by atoms with Gasteiger partial charge in [-0.2, -0.15) is 0 Å². The highest BCUT2D eigenvalue weighted by Gasteiger charge is 2.28. The molecule has 0 radical (unpaired) electrons. The van der Waals surface area contributed by atoms with Crippen molar-refractivity contribution < 1.29 is 8.42 Å². The van der Waals surface area contributed by atoms with Crippen LogP contribution in [0.1, 0.15) is 50.3 Å². The van der Waals surface area contributed by atoms with Crippen LogP contribution in [0.15, 0.2) is 16.3 Å². The molecular weight excluding hydrogens is 304 g/mol. The fraction of sp³-hybridized carbons (Fsp3) is 0.733. The van der Waals surface area contributed by atoms with Crippen LogP contribution in [0.3, 0.4) is 0 Å². The van der Waals surface area contributed by atoms with Gasteiger partial charge in [-0.3, -0.25) is 0 Å². The average molecular weight is 329 g/mol. The second kappa shape index (κ2) is 6.36. The van der Waals surface area contributed by atoms with Gasteiger partial charge in [0.15, 0.2) is 0 Å². The van der Waals surface area contributed by atoms with Crippen molar-refractivity contribution in [1.82, 2.24) is 10.0 Å². The predicted molar refractivity (Wildman–Crippen MR) is 85.9 cm³/mol. The first-order chi connectivity index (χ1) is 10.1. The van der Waals surface area contributed by atoms with Gasteiger partial charge in [0, 0.05) is 23.5 Å². The zero-order valence-electron chi connectivity index (χ0n) is 12.5. The first-order valence-corrected chi connectivity index (χ1v) is 10.2. The molecule has 4 nitrogen and oxygen atoms in total. The van der Waals surface area contributed by atoms with E-state index in [1.165, 1.54) is 37.0 Å². The van der Waals surface area contributed by atoms with Crippen molar-refractivity contribution in [3.63, 3.8) is 0 Å². The third kappa shape index (κ3) is 4.52. The maximum atomic E-state index is 12.4. The molecule has 0 bridgehead atoms. The number of thiophene rings is 1. The molecule has 2 fully saturated rings. The topological polar surface area (TPSA) is 58.2 Å². The Morgan fingerprint density at radius 1 is 1.29 bits per heavy atom. The SMILES string of the molecule is CCC(CC1CC1)NS(=O)(=O)c1ccc(CNC2CC2)s1. The summed E-state index contributed by atoms with van der Waals surface area (Å²) in [5.41, 5.74) is 0. The van der Waals surface area contributed by atoms with Crippen molar-refractivity contribution in [3.05, 3.63) is 17.0 Å². The third-order valence-electron chi connectivity index (χ3n) is 4.17. The minimum Gasteiger partial charge on any atom is -0.309 e. The molecule has 0 saturated heterocycles. The third-order valence-corrected chi connectivity index (χ3v) is 7.27. The van der Waals surface area contributed by atoms with Crippen LogP contribution in [0, 0.1) is 5.92 Å². The molecule has 2 saturated carbocycles. The van der Waals surface area contributed by atoms with Crippen LogP contribution in [0.25, 0.3) is 0 Å². The summed E-state index contributed by atoms with van der Waals surface area (Å²) in [5, 5.41) is 3.42. The molecule has 1 aromatic heterocycles. The van der Waals surface area contributed by atoms with Crippen LogP contribution in [-0.4, -0.2) is 20.5 Å². The molecule has 1 unspecified atom stereocenters. The molecule has 2 aliphatic rings. The van der Waals surface area contributed by atoms with E-state index in [1.807, 2.05) is 6.07 Å². The molecule has 1 heterocycles. The molecular formula is C15H24N2O2S2. The zero-order valence-corrected chi connectivity index (χ0v) is 14.1. The minimum absolute atomic E-state index is 0.0811. The Kier molecular flexibility index (Phi) is 4.69. The van der Waals surface area contributed by atoms with Gasteiger partial charge in [0.05, 0.1) is 0 Å². The lowest BCUT2D eigenvalue weighted by molar-refractivity contribution is 0.496. The van der Waals surface area contributed by atoms with E-state index in [0.717, 1.165) is 30.2 Å². The second-order valence-corrected chi connectivity index (χ2v) is 9.39. The van der Waals surface area contributed by atoms with Gasteiger partial charge in [-0.1, -0.05) is 19.8 Å². The number of nitrogens with one attached hydrogen (secondary N) is 2. The van der Waals surface area contributed by atoms with Crippen molar-refractivity contribution in [2.75, 3.05) is 0 Å². The van der Waals surface area contributed by atoms with E-state index in [1.54, 1.807) is 6.07 Å². The van der Waals surface area contributed by atoms with Crippen LogP contribution in [0.2, 0.25) is 0 Å². The van der Waals surface area contributed by atoms with Crippen LogP contribution in [0.4, 0.5) is 0 Å². The number of rotatable bonds is 9. The van der Waals surface area contributed by atoms with Crippen molar-refractivity contribution >= 4 is 21.4 Å². The standard InChI is InChI=1S/C15H24N2O2S2/c1-2-12(9-11-3-4-11)17-21(18,19)15-8-7-14(20-15)10-16-13-5-6-13/h7-8,11-13,16-17H,2-6,9-10H2,1H3. The van der Waals surface area contributed by atoms with Crippen molar-refractivity contribution in [3.8, 4) is 0 Å². The highest BCUT2D eigenvalue weighted by atomic mass is 32.2. The van der Waals surface area contributed by atoms with Crippen molar-refractivity contribution in [1.29, 1.82) is 0 Å². The number of hydrogen-bond acceptors (Lipinski definition) is 4. The summed E-state index contributed by atoms with van der Waals surface area (Å²) in [5.74, 6) is 0.735. The minimum atomic E-state index is -3.35. The molecule has 2 N–H and O–H groups in total. The second-order valence-electron chi connectivity index (χ2n) is 6.28. The molecule has 6 heteroatoms. The maximum absolute atomic E-state index is 12.4. The van der Waals surface area contributed by atoms with E-state index in [9.17, 15) is 8.42 Å². The molecule has 1 aromatic rings. The molecule has 0 amide bonds. The highest BCUT2D eigenvalue weighted by Crippen LogP contribution is 2.34. The van der Waals surface area contributed by atoms with Gasteiger partial charge in [0.1, 0.15) is 4.21 Å². The summed E-state index contributed by atoms with van der Waals surface area (Å²) >= 11 is 1.38. The normalized spacial score (nSPS) is 20.6. The molecule has 118 valence electrons. The van der Waals surface area contributed by atoms with Gasteiger partial charge < -0.3 is 5.32 Å². The van der Waals surface area contributed by atoms with Crippen molar-refractivity contribution in [2.45, 2.75) is 68.3 Å². The van der Waals surface area contributed by atoms with Gasteiger partial charge in [-0.05, 0) is 43.7 Å². The lowest BCUT2D eigenvalue weighted by Gasteiger charge is -2.15. The summed E-state index contributed by atoms with van der Waals surface area (Å²) in [6, 6.07) is 4.39. The Balaban J connectivity index is 1.59. The van der Waals surface area contributed by atoms with E-state index < -0.39 is 10.0 Å². The summed E-state index contributed by atoms with van der Waals surface area (Å²) in [6.45, 7) is 2.83. The smallest absolute Gasteiger partial charge is 0.250 e. The fourth-order valence-electron chi connectivity index (χ4n) is 2.46. The lowest BCUT2D eigenvalue weighted by Crippen LogP contribution is -2.34. The Morgan fingerprint density at radius 3 is 2.67 bits per heavy atom. The molecule has 0 aromatic carbocycles. The monoisotopic (exact) mass is 328 g/mol. The maximum Gasteiger partial charge on any atom is 0.250 e. The van der Waals surface area contributed by atoms with E-state index >= 15 is 0 Å². The Morgan fingerprint density at radius 2 is 2.05 bits per heavy atom. The first-order valence-electron chi connectivity index (χ1n) is 7.91. The van der Waals surface area contributed by atoms with Crippen LogP contribution < -0.4 is 10.0 Å². The van der Waals surface area contributed by atoms with E-state index in [2.05, 4.69) is 17.0 Å². The van der Waals surface area contributed by atoms with Crippen molar-refractivity contribution in [2.24, 2.45) is 5.92 Å². The zero-order chi connectivity index (χ0) is 14.9. The summed E-state index contributed by atoms with van der Waals surface area (Å²) < 4.78 is 28.2. The first kappa shape index (κ1) is 15.5. The van der Waals surface area contributed by atoms with Gasteiger partial charge in [0.25, 0.3) is 0 Å². The molecule has 1 atom stereocenters. The molecule has 0 spiro atoms. The molecule has 2 aliphatic carbocycles. The van der Waals surface area contributed by atoms with E-state index in [0.29, 0.717) is 10.3 Å². The lowest BCUT2D eigenvalue weighted by atomic mass is 10.1. The molecule has 0 aliphatic heterocycles. The Labute approximate surface area is 131 Å². The summed E-state index contributed by atoms with van der Waals surface area (Å²) in [7, 11) is -3.35. The van der Waals surface area contributed by atoms with Gasteiger partial charge in [0.2, 0.25) is 10.0 Å². The number of hydrogen-bond donors (Lipinski definition) is 2. The Hall–Kier alpha value is -0.430. The quantitative estimate of drug-likeness (QED) is 0.733. The van der Waals surface area contributed by atoms with Gasteiger partial charge in [-0.15, -0.1) is 11.3 Å². The van der Waals surface area contributed by atoms with Crippen LogP contribution in [0.5, 0.6) is 0 Å². The van der Waals surface area contributed by atoms with E-state index in [-0.39, 0.29) is 6.04 Å². The van der Waals surface area contributed by atoms with Gasteiger partial charge in [-0.25, -0.2) is 13.1 Å². The largest absolute Gasteiger partial charge is 0.309 e. The number of sulfonamides is 1. The fourth-order valence-corrected chi connectivity index (χ4v) is 5.12. The molecule has 21 heavy (non-hydrogen) atoms. The predicted octanol–water partition coefficient (Wildman–Crippen LogP) is 2.86. The summed E-state index contributed by atoms with van der Waals surface area (Å²) in [4.78, 5) is 1.09. The average Bonchev–Trinajstić information content (AvgIpc) is 3.37. The summed E-state index contributed by atoms with van der Waals surface area (Å²) in [6.07, 6.45) is 6.85. The Bertz CT molecular complexity index is 574. The van der Waals surface area contributed by atoms with Gasteiger partial charge >= 0.3 is 0 Å². The van der Waals surface area contributed by atoms with Crippen LogP contribution in [-0.2, 0) is 16.6 Å².